The number of H-pyrrole nitrogens is 1. The number of nitrogens with one attached hydrogen (secondary N) is 5. The van der Waals surface area contributed by atoms with Gasteiger partial charge in [0, 0.05) is 41.3 Å². The minimum atomic E-state index is -0.680. The Morgan fingerprint density at radius 3 is 2.58 bits per heavy atom. The van der Waals surface area contributed by atoms with Crippen molar-refractivity contribution in [1.29, 1.82) is 0 Å². The highest BCUT2D eigenvalue weighted by Gasteiger charge is 2.27. The summed E-state index contributed by atoms with van der Waals surface area (Å²) in [5.41, 5.74) is 4.84. The Bertz CT molecular complexity index is 1220. The summed E-state index contributed by atoms with van der Waals surface area (Å²) >= 11 is 0. The highest BCUT2D eigenvalue weighted by atomic mass is 16.2. The smallest absolute Gasteiger partial charge is 0.243 e. The van der Waals surface area contributed by atoms with E-state index >= 15 is 0 Å². The summed E-state index contributed by atoms with van der Waals surface area (Å²) in [6, 6.07) is 17.3. The molecule has 36 heavy (non-hydrogen) atoms. The molecule has 1 atom stereocenters. The van der Waals surface area contributed by atoms with Crippen molar-refractivity contribution in [2.24, 2.45) is 5.92 Å². The van der Waals surface area contributed by atoms with E-state index in [0.717, 1.165) is 53.5 Å². The number of para-hydroxylation sites is 1. The number of carbonyl (C=O) groups excluding carboxylic acids is 2. The van der Waals surface area contributed by atoms with E-state index in [1.807, 2.05) is 73.9 Å². The Morgan fingerprint density at radius 1 is 1.08 bits per heavy atom. The van der Waals surface area contributed by atoms with Gasteiger partial charge in [0.2, 0.25) is 11.8 Å². The predicted molar refractivity (Wildman–Crippen MR) is 145 cm³/mol. The monoisotopic (exact) mass is 485 g/mol. The van der Waals surface area contributed by atoms with Crippen LogP contribution >= 0.6 is 0 Å². The number of aromatic nitrogens is 1. The lowest BCUT2D eigenvalue weighted by atomic mass is 9.96. The quantitative estimate of drug-likeness (QED) is 0.304. The largest absolute Gasteiger partial charge is 0.364 e. The highest BCUT2D eigenvalue weighted by Crippen LogP contribution is 2.20. The molecule has 5 N–H and O–H groups in total. The molecule has 2 aromatic carbocycles. The van der Waals surface area contributed by atoms with Crippen molar-refractivity contribution in [2.45, 2.75) is 32.2 Å². The zero-order chi connectivity index (χ0) is 25.3. The first-order valence-electron chi connectivity index (χ1n) is 12.5. The zero-order valence-corrected chi connectivity index (χ0v) is 20.8. The lowest BCUT2D eigenvalue weighted by Crippen LogP contribution is -2.51. The molecule has 3 aromatic rings. The Morgan fingerprint density at radius 2 is 1.81 bits per heavy atom. The average molecular weight is 486 g/mol. The molecule has 0 spiro atoms. The molecule has 1 saturated heterocycles. The standard InChI is InChI=1S/C29H35N5O2/c1-20(22-8-4-3-5-9-22)17-31-21(2)18-33-29(36)27(34-28(35)23-12-14-30-15-13-23)16-24-19-32-26-11-7-6-10-25(24)26/h3-11,17,19,23,27,30-32H,2,12-16,18H2,1H3,(H,33,36)(H,34,35)/b20-17+. The molecule has 1 aliphatic heterocycles. The van der Waals surface area contributed by atoms with Crippen LogP contribution in [0.1, 0.15) is 30.9 Å². The number of allylic oxidation sites excluding steroid dienone is 1. The third-order valence-electron chi connectivity index (χ3n) is 6.64. The third-order valence-corrected chi connectivity index (χ3v) is 6.64. The number of carbonyl (C=O) groups is 2. The maximum Gasteiger partial charge on any atom is 0.243 e. The molecule has 7 heteroatoms. The molecule has 1 fully saturated rings. The van der Waals surface area contributed by atoms with Gasteiger partial charge < -0.3 is 26.3 Å². The summed E-state index contributed by atoms with van der Waals surface area (Å²) in [7, 11) is 0. The molecule has 0 saturated carbocycles. The highest BCUT2D eigenvalue weighted by molar-refractivity contribution is 5.90. The van der Waals surface area contributed by atoms with Gasteiger partial charge in [-0.25, -0.2) is 0 Å². The molecule has 0 bridgehead atoms. The fourth-order valence-corrected chi connectivity index (χ4v) is 4.47. The van der Waals surface area contributed by atoms with Gasteiger partial charge in [0.05, 0.1) is 6.54 Å². The molecular formula is C29H35N5O2. The summed E-state index contributed by atoms with van der Waals surface area (Å²) in [6.07, 6.45) is 5.76. The molecule has 188 valence electrons. The molecule has 1 unspecified atom stereocenters. The van der Waals surface area contributed by atoms with Crippen molar-refractivity contribution in [3.05, 3.63) is 90.4 Å². The number of fused-ring (bicyclic) bond motifs is 1. The summed E-state index contributed by atoms with van der Waals surface area (Å²) in [6.45, 7) is 7.94. The van der Waals surface area contributed by atoms with E-state index in [2.05, 4.69) is 32.8 Å². The normalized spacial score (nSPS) is 15.3. The second-order valence-electron chi connectivity index (χ2n) is 9.31. The zero-order valence-electron chi connectivity index (χ0n) is 20.8. The van der Waals surface area contributed by atoms with Crippen molar-refractivity contribution < 1.29 is 9.59 Å². The molecule has 4 rings (SSSR count). The maximum absolute atomic E-state index is 13.3. The van der Waals surface area contributed by atoms with Crippen molar-refractivity contribution in [2.75, 3.05) is 19.6 Å². The van der Waals surface area contributed by atoms with Gasteiger partial charge in [-0.15, -0.1) is 0 Å². The van der Waals surface area contributed by atoms with Crippen molar-refractivity contribution in [3.63, 3.8) is 0 Å². The first-order valence-corrected chi connectivity index (χ1v) is 12.5. The lowest BCUT2D eigenvalue weighted by Gasteiger charge is -2.25. The van der Waals surface area contributed by atoms with Gasteiger partial charge in [0.1, 0.15) is 6.04 Å². The molecule has 7 nitrogen and oxygen atoms in total. The van der Waals surface area contributed by atoms with Crippen LogP contribution in [0.5, 0.6) is 0 Å². The summed E-state index contributed by atoms with van der Waals surface area (Å²) < 4.78 is 0. The van der Waals surface area contributed by atoms with Gasteiger partial charge >= 0.3 is 0 Å². The molecule has 0 aliphatic carbocycles. The minimum absolute atomic E-state index is 0.0603. The number of aromatic amines is 1. The van der Waals surface area contributed by atoms with Gasteiger partial charge in [-0.2, -0.15) is 0 Å². The lowest BCUT2D eigenvalue weighted by molar-refractivity contribution is -0.131. The third kappa shape index (κ3) is 6.64. The topological polar surface area (TPSA) is 98.1 Å². The van der Waals surface area contributed by atoms with E-state index in [0.29, 0.717) is 12.1 Å². The first kappa shape index (κ1) is 25.3. The predicted octanol–water partition coefficient (Wildman–Crippen LogP) is 3.48. The number of piperidine rings is 1. The van der Waals surface area contributed by atoms with Crippen LogP contribution in [-0.2, 0) is 16.0 Å². The van der Waals surface area contributed by atoms with Crippen molar-refractivity contribution >= 4 is 28.3 Å². The number of amides is 2. The Labute approximate surface area is 212 Å². The first-order chi connectivity index (χ1) is 17.5. The molecule has 2 amide bonds. The summed E-state index contributed by atoms with van der Waals surface area (Å²) in [5.74, 6) is -0.364. The van der Waals surface area contributed by atoms with Crippen LogP contribution in [0, 0.1) is 5.92 Å². The Kier molecular flexibility index (Phi) is 8.57. The van der Waals surface area contributed by atoms with Crippen LogP contribution in [0.25, 0.3) is 16.5 Å². The molecule has 1 aliphatic rings. The molecule has 2 heterocycles. The fraction of sp³-hybridized carbons (Fsp3) is 0.310. The maximum atomic E-state index is 13.3. The van der Waals surface area contributed by atoms with Crippen LogP contribution in [-0.4, -0.2) is 42.5 Å². The number of benzene rings is 2. The van der Waals surface area contributed by atoms with E-state index in [1.165, 1.54) is 0 Å². The number of rotatable bonds is 10. The van der Waals surface area contributed by atoms with E-state index in [-0.39, 0.29) is 24.3 Å². The van der Waals surface area contributed by atoms with Gasteiger partial charge in [-0.1, -0.05) is 55.1 Å². The number of hydrogen-bond donors (Lipinski definition) is 5. The number of hydrogen-bond acceptors (Lipinski definition) is 4. The van der Waals surface area contributed by atoms with Crippen LogP contribution in [0.2, 0.25) is 0 Å². The van der Waals surface area contributed by atoms with Crippen LogP contribution in [0.15, 0.2) is 79.3 Å². The second-order valence-corrected chi connectivity index (χ2v) is 9.31. The van der Waals surface area contributed by atoms with Gasteiger partial charge in [-0.05, 0) is 55.6 Å². The van der Waals surface area contributed by atoms with Crippen LogP contribution in [0.4, 0.5) is 0 Å². The minimum Gasteiger partial charge on any atom is -0.364 e. The van der Waals surface area contributed by atoms with E-state index in [4.69, 9.17) is 0 Å². The van der Waals surface area contributed by atoms with E-state index in [9.17, 15) is 9.59 Å². The summed E-state index contributed by atoms with van der Waals surface area (Å²) in [4.78, 5) is 29.5. The van der Waals surface area contributed by atoms with Crippen LogP contribution in [0.3, 0.4) is 0 Å². The van der Waals surface area contributed by atoms with Crippen molar-refractivity contribution in [3.8, 4) is 0 Å². The molecular weight excluding hydrogens is 450 g/mol. The van der Waals surface area contributed by atoms with E-state index < -0.39 is 6.04 Å². The van der Waals surface area contributed by atoms with Crippen LogP contribution < -0.4 is 21.3 Å². The fourth-order valence-electron chi connectivity index (χ4n) is 4.47. The average Bonchev–Trinajstić information content (AvgIpc) is 3.33. The van der Waals surface area contributed by atoms with Crippen molar-refractivity contribution in [1.82, 2.24) is 26.3 Å². The SMILES string of the molecule is C=C(CNC(=O)C(Cc1c[nH]c2ccccc12)NC(=O)C1CCNCC1)N/C=C(\C)c1ccccc1. The van der Waals surface area contributed by atoms with Gasteiger partial charge in [0.25, 0.3) is 0 Å². The Balaban J connectivity index is 1.40. The Hall–Kier alpha value is -3.84. The van der Waals surface area contributed by atoms with E-state index in [1.54, 1.807) is 0 Å². The van der Waals surface area contributed by atoms with Gasteiger partial charge in [0.15, 0.2) is 0 Å². The molecule has 1 aromatic heterocycles. The second kappa shape index (κ2) is 12.2. The summed E-state index contributed by atoms with van der Waals surface area (Å²) in [5, 5.41) is 13.5. The molecule has 0 radical (unpaired) electrons. The van der Waals surface area contributed by atoms with Gasteiger partial charge in [-0.3, -0.25) is 9.59 Å².